The summed E-state index contributed by atoms with van der Waals surface area (Å²) in [6, 6.07) is 9.47. The predicted octanol–water partition coefficient (Wildman–Crippen LogP) is 3.94. The van der Waals surface area contributed by atoms with E-state index in [4.69, 9.17) is 4.98 Å². The smallest absolute Gasteiger partial charge is 0.339 e. The first kappa shape index (κ1) is 23.9. The van der Waals surface area contributed by atoms with Gasteiger partial charge in [0.15, 0.2) is 0 Å². The third kappa shape index (κ3) is 3.98. The van der Waals surface area contributed by atoms with E-state index in [9.17, 15) is 29.9 Å². The number of aromatic hydroxyl groups is 1. The van der Waals surface area contributed by atoms with Crippen LogP contribution in [0.5, 0.6) is 5.75 Å². The van der Waals surface area contributed by atoms with Gasteiger partial charge in [-0.2, -0.15) is 5.10 Å². The van der Waals surface area contributed by atoms with Crippen molar-refractivity contribution in [3.8, 4) is 5.75 Å². The average Bonchev–Trinajstić information content (AvgIpc) is 3.32. The Morgan fingerprint density at radius 1 is 1.29 bits per heavy atom. The maximum absolute atomic E-state index is 13.2. The molecule has 1 aliphatic carbocycles. The number of nitrogens with zero attached hydrogens (tertiary/aromatic N) is 3. The molecule has 2 aromatic carbocycles. The van der Waals surface area contributed by atoms with Crippen molar-refractivity contribution in [2.75, 3.05) is 0 Å². The molecule has 0 radical (unpaired) electrons. The van der Waals surface area contributed by atoms with E-state index in [1.165, 1.54) is 0 Å². The van der Waals surface area contributed by atoms with Crippen LogP contribution >= 0.6 is 0 Å². The predicted molar refractivity (Wildman–Crippen MR) is 127 cm³/mol. The minimum Gasteiger partial charge on any atom is -0.506 e. The molecule has 0 unspecified atom stereocenters. The number of nitro groups is 1. The fraction of sp³-hybridized carbons (Fsp3) is 0.333. The van der Waals surface area contributed by atoms with E-state index in [0.29, 0.717) is 6.42 Å². The highest BCUT2D eigenvalue weighted by molar-refractivity contribution is 5.97. The number of rotatable bonds is 6. The lowest BCUT2D eigenvalue weighted by Gasteiger charge is -2.39. The van der Waals surface area contributed by atoms with Crippen LogP contribution in [0.1, 0.15) is 61.3 Å². The lowest BCUT2D eigenvalue weighted by atomic mass is 9.65. The number of carbonyl (C=O) groups excluding carboxylic acids is 1. The largest absolute Gasteiger partial charge is 0.506 e. The summed E-state index contributed by atoms with van der Waals surface area (Å²) in [6.07, 6.45) is 2.30. The number of carboxylic acid groups (broad SMARTS) is 1. The molecule has 0 saturated heterocycles. The maximum Gasteiger partial charge on any atom is 0.339 e. The first-order valence-electron chi connectivity index (χ1n) is 11.0. The number of non-ortho nitro benzene ring substituents is 1. The van der Waals surface area contributed by atoms with Crippen LogP contribution in [-0.2, 0) is 4.79 Å². The summed E-state index contributed by atoms with van der Waals surface area (Å²) in [6.45, 7) is 5.87. The van der Waals surface area contributed by atoms with Gasteiger partial charge in [-0.15, -0.1) is 0 Å². The van der Waals surface area contributed by atoms with Crippen LogP contribution in [0.25, 0.3) is 11.0 Å². The highest BCUT2D eigenvalue weighted by Crippen LogP contribution is 2.59. The van der Waals surface area contributed by atoms with Gasteiger partial charge in [0.1, 0.15) is 17.1 Å². The highest BCUT2D eigenvalue weighted by atomic mass is 16.6. The van der Waals surface area contributed by atoms with Crippen molar-refractivity contribution < 1.29 is 24.7 Å². The first-order chi connectivity index (χ1) is 16.5. The Morgan fingerprint density at radius 2 is 2.00 bits per heavy atom. The van der Waals surface area contributed by atoms with Crippen molar-refractivity contribution in [1.82, 2.24) is 15.4 Å². The number of aromatic carboxylic acids is 1. The molecular weight excluding hydrogens is 454 g/mol. The summed E-state index contributed by atoms with van der Waals surface area (Å²) in [5.74, 6) is -1.76. The number of nitrogens with one attached hydrogen (secondary N) is 2. The number of carbonyl (C=O) groups is 2. The number of aromatic nitrogens is 2. The van der Waals surface area contributed by atoms with E-state index in [1.807, 2.05) is 45.0 Å². The van der Waals surface area contributed by atoms with Crippen molar-refractivity contribution in [3.63, 3.8) is 0 Å². The third-order valence-electron chi connectivity index (χ3n) is 7.40. The summed E-state index contributed by atoms with van der Waals surface area (Å²) in [5, 5.41) is 34.4. The second kappa shape index (κ2) is 8.49. The second-order valence-corrected chi connectivity index (χ2v) is 9.48. The minimum atomic E-state index is -1.53. The number of imidazole rings is 1. The monoisotopic (exact) mass is 479 g/mol. The number of amides is 1. The van der Waals surface area contributed by atoms with Crippen LogP contribution in [0.15, 0.2) is 41.5 Å². The third-order valence-corrected chi connectivity index (χ3v) is 7.40. The standard InChI is InChI=1S/C24H25N5O6/c1-23(2)16(20-26-17-6-4-5-7-18(17)27-20)8-9-24(23,3)22(33)28-25-12-13-10-14(29(34)35)11-15(19(13)30)21(31)32/h4-7,10-12,16,30H,8-9H2,1-3H3,(H,26,27)(H,28,33)(H,31,32)/b25-12-/t16-,24+/m0/s1. The summed E-state index contributed by atoms with van der Waals surface area (Å²) in [7, 11) is 0. The number of H-pyrrole nitrogens is 1. The molecule has 1 fully saturated rings. The number of nitro benzene ring substituents is 1. The molecule has 2 atom stereocenters. The average molecular weight is 479 g/mol. The number of para-hydroxylation sites is 2. The fourth-order valence-corrected chi connectivity index (χ4v) is 4.81. The molecule has 35 heavy (non-hydrogen) atoms. The van der Waals surface area contributed by atoms with Crippen molar-refractivity contribution in [2.24, 2.45) is 15.9 Å². The van der Waals surface area contributed by atoms with Gasteiger partial charge in [0, 0.05) is 23.6 Å². The van der Waals surface area contributed by atoms with Gasteiger partial charge in [0.05, 0.1) is 27.6 Å². The minimum absolute atomic E-state index is 0.00595. The van der Waals surface area contributed by atoms with E-state index in [2.05, 4.69) is 15.5 Å². The van der Waals surface area contributed by atoms with Crippen LogP contribution < -0.4 is 5.43 Å². The van der Waals surface area contributed by atoms with E-state index in [0.717, 1.165) is 41.6 Å². The molecule has 1 saturated carbocycles. The molecular formula is C24H25N5O6. The van der Waals surface area contributed by atoms with E-state index < -0.39 is 38.7 Å². The number of aromatic amines is 1. The van der Waals surface area contributed by atoms with E-state index in [-0.39, 0.29) is 17.4 Å². The number of hydrogen-bond acceptors (Lipinski definition) is 7. The molecule has 1 aliphatic rings. The van der Waals surface area contributed by atoms with Gasteiger partial charge in [-0.05, 0) is 30.4 Å². The summed E-state index contributed by atoms with van der Waals surface area (Å²) < 4.78 is 0. The highest BCUT2D eigenvalue weighted by Gasteiger charge is 2.57. The van der Waals surface area contributed by atoms with Gasteiger partial charge in [-0.1, -0.05) is 32.9 Å². The van der Waals surface area contributed by atoms with E-state index >= 15 is 0 Å². The maximum atomic E-state index is 13.2. The molecule has 4 rings (SSSR count). The van der Waals surface area contributed by atoms with Crippen molar-refractivity contribution in [2.45, 2.75) is 39.5 Å². The van der Waals surface area contributed by atoms with Crippen molar-refractivity contribution in [3.05, 3.63) is 63.5 Å². The first-order valence-corrected chi connectivity index (χ1v) is 11.0. The summed E-state index contributed by atoms with van der Waals surface area (Å²) in [5.41, 5.74) is 1.58. The van der Waals surface area contributed by atoms with Crippen LogP contribution in [0.3, 0.4) is 0 Å². The Hall–Kier alpha value is -4.28. The molecule has 0 aliphatic heterocycles. The number of hydrazone groups is 1. The Kier molecular flexibility index (Phi) is 5.79. The SMILES string of the molecule is CC1(C)[C@H](c2nc3ccccc3[nH]2)CC[C@]1(C)C(=O)N/N=C\c1cc([N+](=O)[O-])cc(C(=O)O)c1O. The molecule has 1 aromatic heterocycles. The number of fused-ring (bicyclic) bond motifs is 1. The topological polar surface area (TPSA) is 171 Å². The zero-order valence-electron chi connectivity index (χ0n) is 19.4. The van der Waals surface area contributed by atoms with Gasteiger partial charge < -0.3 is 15.2 Å². The lowest BCUT2D eigenvalue weighted by Crippen LogP contribution is -2.45. The van der Waals surface area contributed by atoms with E-state index in [1.54, 1.807) is 0 Å². The molecule has 4 N–H and O–H groups in total. The number of phenols is 1. The van der Waals surface area contributed by atoms with Gasteiger partial charge in [0.25, 0.3) is 5.69 Å². The van der Waals surface area contributed by atoms with Crippen LogP contribution in [0.2, 0.25) is 0 Å². The van der Waals surface area contributed by atoms with Crippen LogP contribution in [-0.4, -0.2) is 43.2 Å². The Balaban J connectivity index is 1.56. The molecule has 0 spiro atoms. The second-order valence-electron chi connectivity index (χ2n) is 9.48. The normalized spacial score (nSPS) is 21.4. The molecule has 1 heterocycles. The van der Waals surface area contributed by atoms with Crippen LogP contribution in [0, 0.1) is 20.9 Å². The number of carboxylic acids is 1. The van der Waals surface area contributed by atoms with Gasteiger partial charge >= 0.3 is 5.97 Å². The molecule has 3 aromatic rings. The molecule has 1 amide bonds. The van der Waals surface area contributed by atoms with Gasteiger partial charge in [-0.3, -0.25) is 14.9 Å². The Morgan fingerprint density at radius 3 is 2.66 bits per heavy atom. The molecule has 182 valence electrons. The molecule has 0 bridgehead atoms. The summed E-state index contributed by atoms with van der Waals surface area (Å²) >= 11 is 0. The zero-order valence-corrected chi connectivity index (χ0v) is 19.4. The summed E-state index contributed by atoms with van der Waals surface area (Å²) in [4.78, 5) is 43.0. The number of benzene rings is 2. The molecule has 11 heteroatoms. The Labute approximate surface area is 200 Å². The molecule has 11 nitrogen and oxygen atoms in total. The number of hydrogen-bond donors (Lipinski definition) is 4. The van der Waals surface area contributed by atoms with Crippen molar-refractivity contribution >= 4 is 34.8 Å². The fourth-order valence-electron chi connectivity index (χ4n) is 4.81. The quantitative estimate of drug-likeness (QED) is 0.236. The van der Waals surface area contributed by atoms with Crippen LogP contribution in [0.4, 0.5) is 5.69 Å². The lowest BCUT2D eigenvalue weighted by molar-refractivity contribution is -0.384. The van der Waals surface area contributed by atoms with Crippen molar-refractivity contribution in [1.29, 1.82) is 0 Å². The van der Waals surface area contributed by atoms with Gasteiger partial charge in [-0.25, -0.2) is 15.2 Å². The zero-order chi connectivity index (χ0) is 25.5. The Bertz CT molecular complexity index is 1340. The van der Waals surface area contributed by atoms with Gasteiger partial charge in [0.2, 0.25) is 5.91 Å².